The van der Waals surface area contributed by atoms with Crippen molar-refractivity contribution in [3.63, 3.8) is 0 Å². The van der Waals surface area contributed by atoms with Crippen LogP contribution in [-0.4, -0.2) is 22.7 Å². The first kappa shape index (κ1) is 4.81. The largest absolute Gasteiger partial charge is 0.391 e. The van der Waals surface area contributed by atoms with E-state index in [4.69, 9.17) is 5.11 Å². The molecule has 0 radical (unpaired) electrons. The minimum Gasteiger partial charge on any atom is -0.391 e. The Bertz CT molecular complexity index is 42.1. The molecule has 0 unspecified atom stereocenters. The minimum atomic E-state index is -0.0278. The summed E-state index contributed by atoms with van der Waals surface area (Å²) in [5.74, 6) is 1.84. The van der Waals surface area contributed by atoms with Crippen LogP contribution in [0.4, 0.5) is 0 Å². The molecule has 0 aromatic rings. The van der Waals surface area contributed by atoms with Crippen LogP contribution in [0.3, 0.4) is 0 Å². The van der Waals surface area contributed by atoms with Gasteiger partial charge in [0.1, 0.15) is 0 Å². The molecule has 36 valence electrons. The molecule has 1 aliphatic rings. The maximum Gasteiger partial charge on any atom is 0.0737 e. The molecule has 0 aliphatic carbocycles. The fraction of sp³-hybridized carbons (Fsp3) is 1.00. The minimum absolute atomic E-state index is 0.0278. The molecule has 0 saturated carbocycles. The molecular weight excluding hydrogens is 116 g/mol. The van der Waals surface area contributed by atoms with Crippen molar-refractivity contribution in [3.8, 4) is 0 Å². The van der Waals surface area contributed by atoms with Gasteiger partial charge in [-0.2, -0.15) is 0 Å². The smallest absolute Gasteiger partial charge is 0.0737 e. The van der Waals surface area contributed by atoms with E-state index < -0.39 is 0 Å². The van der Waals surface area contributed by atoms with Crippen LogP contribution < -0.4 is 0 Å². The molecule has 1 heterocycles. The van der Waals surface area contributed by atoms with E-state index in [1.54, 1.807) is 21.6 Å². The SMILES string of the molecule is OC1CSSC1. The molecule has 3 heteroatoms. The molecule has 1 nitrogen and oxygen atoms in total. The highest BCUT2D eigenvalue weighted by molar-refractivity contribution is 8.77. The average molecular weight is 122 g/mol. The van der Waals surface area contributed by atoms with Crippen molar-refractivity contribution in [1.29, 1.82) is 0 Å². The normalized spacial score (nSPS) is 25.5. The predicted molar refractivity (Wildman–Crippen MR) is 30.9 cm³/mol. The van der Waals surface area contributed by atoms with Crippen molar-refractivity contribution in [2.45, 2.75) is 6.10 Å². The van der Waals surface area contributed by atoms with Gasteiger partial charge in [0.05, 0.1) is 6.10 Å². The molecule has 1 saturated heterocycles. The van der Waals surface area contributed by atoms with Gasteiger partial charge in [-0.3, -0.25) is 0 Å². The van der Waals surface area contributed by atoms with Gasteiger partial charge in [-0.1, -0.05) is 21.6 Å². The summed E-state index contributed by atoms with van der Waals surface area (Å²) in [6, 6.07) is 0. The van der Waals surface area contributed by atoms with Crippen LogP contribution in [0.1, 0.15) is 0 Å². The highest BCUT2D eigenvalue weighted by Crippen LogP contribution is 2.30. The van der Waals surface area contributed by atoms with Crippen molar-refractivity contribution < 1.29 is 5.11 Å². The zero-order chi connectivity index (χ0) is 4.41. The highest BCUT2D eigenvalue weighted by Gasteiger charge is 2.10. The lowest BCUT2D eigenvalue weighted by atomic mass is 10.5. The van der Waals surface area contributed by atoms with Gasteiger partial charge in [0, 0.05) is 11.5 Å². The molecule has 0 aromatic carbocycles. The van der Waals surface area contributed by atoms with Gasteiger partial charge in [-0.25, -0.2) is 0 Å². The van der Waals surface area contributed by atoms with Gasteiger partial charge in [-0.15, -0.1) is 0 Å². The fourth-order valence-corrected chi connectivity index (χ4v) is 2.71. The Kier molecular flexibility index (Phi) is 1.68. The van der Waals surface area contributed by atoms with Crippen LogP contribution in [0.2, 0.25) is 0 Å². The molecule has 0 atom stereocenters. The Morgan fingerprint density at radius 3 is 2.00 bits per heavy atom. The third kappa shape index (κ3) is 1.06. The number of aliphatic hydroxyl groups excluding tert-OH is 1. The Hall–Kier alpha value is 0.660. The van der Waals surface area contributed by atoms with E-state index in [1.807, 2.05) is 0 Å². The summed E-state index contributed by atoms with van der Waals surface area (Å²) < 4.78 is 0. The van der Waals surface area contributed by atoms with E-state index in [-0.39, 0.29) is 6.10 Å². The van der Waals surface area contributed by atoms with Crippen LogP contribution in [0.25, 0.3) is 0 Å². The maximum absolute atomic E-state index is 8.69. The monoisotopic (exact) mass is 122 g/mol. The second-order valence-electron chi connectivity index (χ2n) is 1.22. The lowest BCUT2D eigenvalue weighted by Gasteiger charge is -1.88. The Morgan fingerprint density at radius 1 is 1.33 bits per heavy atom. The van der Waals surface area contributed by atoms with Crippen molar-refractivity contribution in [1.82, 2.24) is 0 Å². The van der Waals surface area contributed by atoms with Crippen LogP contribution >= 0.6 is 21.6 Å². The van der Waals surface area contributed by atoms with Crippen molar-refractivity contribution in [3.05, 3.63) is 0 Å². The van der Waals surface area contributed by atoms with E-state index in [9.17, 15) is 0 Å². The Morgan fingerprint density at radius 2 is 1.83 bits per heavy atom. The van der Waals surface area contributed by atoms with Gasteiger partial charge in [0.15, 0.2) is 0 Å². The summed E-state index contributed by atoms with van der Waals surface area (Å²) in [7, 11) is 3.50. The number of hydrogen-bond acceptors (Lipinski definition) is 3. The summed E-state index contributed by atoms with van der Waals surface area (Å²) in [6.07, 6.45) is -0.0278. The third-order valence-electron chi connectivity index (χ3n) is 0.604. The molecule has 0 aromatic heterocycles. The molecule has 6 heavy (non-hydrogen) atoms. The zero-order valence-corrected chi connectivity index (χ0v) is 4.89. The lowest BCUT2D eigenvalue weighted by molar-refractivity contribution is 0.227. The number of aliphatic hydroxyl groups is 1. The first-order chi connectivity index (χ1) is 2.89. The topological polar surface area (TPSA) is 20.2 Å². The van der Waals surface area contributed by atoms with Crippen molar-refractivity contribution in [2.75, 3.05) is 11.5 Å². The van der Waals surface area contributed by atoms with Gasteiger partial charge >= 0.3 is 0 Å². The third-order valence-corrected chi connectivity index (χ3v) is 3.13. The molecular formula is C3H6OS2. The summed E-state index contributed by atoms with van der Waals surface area (Å²) in [4.78, 5) is 0. The average Bonchev–Trinajstić information content (AvgIpc) is 1.86. The van der Waals surface area contributed by atoms with Crippen LogP contribution in [-0.2, 0) is 0 Å². The second-order valence-corrected chi connectivity index (χ2v) is 3.78. The summed E-state index contributed by atoms with van der Waals surface area (Å²) in [5.41, 5.74) is 0. The summed E-state index contributed by atoms with van der Waals surface area (Å²) in [6.45, 7) is 0. The van der Waals surface area contributed by atoms with E-state index in [2.05, 4.69) is 0 Å². The van der Waals surface area contributed by atoms with Crippen molar-refractivity contribution in [2.24, 2.45) is 0 Å². The number of hydrogen-bond donors (Lipinski definition) is 1. The van der Waals surface area contributed by atoms with Gasteiger partial charge in [-0.05, 0) is 0 Å². The van der Waals surface area contributed by atoms with E-state index in [0.29, 0.717) is 0 Å². The molecule has 1 aliphatic heterocycles. The summed E-state index contributed by atoms with van der Waals surface area (Å²) in [5, 5.41) is 8.69. The highest BCUT2D eigenvalue weighted by atomic mass is 33.1. The quantitative estimate of drug-likeness (QED) is 0.479. The number of rotatable bonds is 0. The predicted octanol–water partition coefficient (Wildman–Crippen LogP) is 0.742. The van der Waals surface area contributed by atoms with E-state index in [0.717, 1.165) is 11.5 Å². The molecule has 1 N–H and O–H groups in total. The first-order valence-electron chi connectivity index (χ1n) is 1.82. The van der Waals surface area contributed by atoms with Crippen LogP contribution in [0.5, 0.6) is 0 Å². The Labute approximate surface area is 44.9 Å². The maximum atomic E-state index is 8.69. The summed E-state index contributed by atoms with van der Waals surface area (Å²) >= 11 is 0. The first-order valence-corrected chi connectivity index (χ1v) is 4.31. The molecule has 0 spiro atoms. The van der Waals surface area contributed by atoms with Gasteiger partial charge in [0.2, 0.25) is 0 Å². The van der Waals surface area contributed by atoms with Crippen LogP contribution in [0, 0.1) is 0 Å². The van der Waals surface area contributed by atoms with E-state index >= 15 is 0 Å². The molecule has 1 fully saturated rings. The van der Waals surface area contributed by atoms with Gasteiger partial charge < -0.3 is 5.11 Å². The lowest BCUT2D eigenvalue weighted by Crippen LogP contribution is -2.05. The fourth-order valence-electron chi connectivity index (χ4n) is 0.301. The molecule has 0 bridgehead atoms. The second kappa shape index (κ2) is 2.09. The van der Waals surface area contributed by atoms with Crippen LogP contribution in [0.15, 0.2) is 0 Å². The zero-order valence-electron chi connectivity index (χ0n) is 3.26. The Balaban J connectivity index is 2.18. The molecule has 1 rings (SSSR count). The standard InChI is InChI=1S/C3H6OS2/c4-3-1-5-6-2-3/h3-4H,1-2H2. The van der Waals surface area contributed by atoms with Crippen molar-refractivity contribution >= 4 is 21.6 Å². The van der Waals surface area contributed by atoms with E-state index in [1.165, 1.54) is 0 Å². The molecule has 0 amide bonds. The van der Waals surface area contributed by atoms with Gasteiger partial charge in [0.25, 0.3) is 0 Å².